The van der Waals surface area contributed by atoms with Crippen molar-refractivity contribution < 1.29 is 4.79 Å². The van der Waals surface area contributed by atoms with E-state index < -0.39 is 0 Å². The first-order valence-electron chi connectivity index (χ1n) is 10.8. The van der Waals surface area contributed by atoms with Crippen LogP contribution >= 0.6 is 0 Å². The van der Waals surface area contributed by atoms with Crippen molar-refractivity contribution >= 4 is 23.5 Å². The Balaban J connectivity index is 0.000000420. The van der Waals surface area contributed by atoms with Crippen LogP contribution in [0.2, 0.25) is 0 Å². The minimum atomic E-state index is 0.237. The Bertz CT molecular complexity index is 1130. The van der Waals surface area contributed by atoms with Crippen LogP contribution < -0.4 is 5.32 Å². The summed E-state index contributed by atoms with van der Waals surface area (Å²) >= 11 is 0. The summed E-state index contributed by atoms with van der Waals surface area (Å²) in [4.78, 5) is 21.7. The molecule has 0 aliphatic heterocycles. The number of hydrogen-bond donors (Lipinski definition) is 3. The number of nitrogens with one attached hydrogen (secondary N) is 3. The van der Waals surface area contributed by atoms with Crippen molar-refractivity contribution in [3.05, 3.63) is 85.2 Å². The van der Waals surface area contributed by atoms with E-state index in [0.717, 1.165) is 28.7 Å². The van der Waals surface area contributed by atoms with Crippen molar-refractivity contribution in [2.75, 3.05) is 7.05 Å². The third-order valence-corrected chi connectivity index (χ3v) is 4.86. The van der Waals surface area contributed by atoms with E-state index in [-0.39, 0.29) is 6.04 Å². The van der Waals surface area contributed by atoms with Crippen LogP contribution in [0.4, 0.5) is 0 Å². The molecule has 2 heterocycles. The zero-order valence-electron chi connectivity index (χ0n) is 19.4. The third kappa shape index (κ3) is 6.79. The molecule has 1 unspecified atom stereocenters. The van der Waals surface area contributed by atoms with E-state index in [1.54, 1.807) is 19.2 Å². The molecule has 6 heteroatoms. The smallest absolute Gasteiger partial charge is 0.139 e. The second-order valence-electron chi connectivity index (χ2n) is 7.10. The SMILES string of the molecule is C=CCC=O.CC=N.CNC(C)c1cccc(-c2nc3ccncc3[nH]2)c1-c1ccccc1. The number of hydrogen-bond acceptors (Lipinski definition) is 5. The van der Waals surface area contributed by atoms with Gasteiger partial charge in [0.25, 0.3) is 0 Å². The predicted molar refractivity (Wildman–Crippen MR) is 138 cm³/mol. The standard InChI is InChI=1S/C21H20N4.C4H6O.C2H5N/c1-14(22-2)16-9-6-10-17(20(16)15-7-4-3-5-8-15)21-24-18-11-12-23-13-19(18)25-21;1-2-3-4-5;1-2-3/h3-14,22H,1-2H3,(H,24,25);2,4H,1,3H2;2-3H,1H3. The molecule has 0 aliphatic carbocycles. The molecule has 170 valence electrons. The fourth-order valence-electron chi connectivity index (χ4n) is 3.26. The molecule has 0 aliphatic rings. The molecule has 0 amide bonds. The number of carbonyl (C=O) groups excluding carboxylic acids is 1. The van der Waals surface area contributed by atoms with Gasteiger partial charge in [-0.1, -0.05) is 54.6 Å². The molecule has 0 radical (unpaired) electrons. The zero-order chi connectivity index (χ0) is 24.1. The fraction of sp³-hybridized carbons (Fsp3) is 0.185. The van der Waals surface area contributed by atoms with E-state index in [1.165, 1.54) is 22.9 Å². The lowest BCUT2D eigenvalue weighted by Crippen LogP contribution is -2.13. The number of aldehydes is 1. The van der Waals surface area contributed by atoms with E-state index in [4.69, 9.17) is 10.4 Å². The number of benzene rings is 2. The molecule has 0 bridgehead atoms. The Morgan fingerprint density at radius 3 is 2.45 bits per heavy atom. The van der Waals surface area contributed by atoms with Gasteiger partial charge in [-0.25, -0.2) is 4.98 Å². The van der Waals surface area contributed by atoms with Crippen LogP contribution in [0, 0.1) is 5.41 Å². The van der Waals surface area contributed by atoms with E-state index in [0.29, 0.717) is 6.42 Å². The molecule has 1 atom stereocenters. The Hall–Kier alpha value is -3.90. The van der Waals surface area contributed by atoms with Gasteiger partial charge in [-0.05, 0) is 49.9 Å². The first-order chi connectivity index (χ1) is 16.1. The molecule has 33 heavy (non-hydrogen) atoms. The predicted octanol–water partition coefficient (Wildman–Crippen LogP) is 5.99. The number of pyridine rings is 1. The van der Waals surface area contributed by atoms with E-state index >= 15 is 0 Å². The van der Waals surface area contributed by atoms with Gasteiger partial charge in [0.15, 0.2) is 0 Å². The van der Waals surface area contributed by atoms with Gasteiger partial charge in [-0.3, -0.25) is 4.98 Å². The molecular formula is C27H31N5O. The van der Waals surface area contributed by atoms with Crippen LogP contribution in [0.15, 0.2) is 79.6 Å². The number of fused-ring (bicyclic) bond motifs is 1. The van der Waals surface area contributed by atoms with Gasteiger partial charge in [0.2, 0.25) is 0 Å². The molecule has 3 N–H and O–H groups in total. The number of aromatic nitrogens is 3. The first kappa shape index (κ1) is 25.4. The second kappa shape index (κ2) is 13.5. The van der Waals surface area contributed by atoms with Crippen molar-refractivity contribution in [1.29, 1.82) is 5.41 Å². The number of aromatic amines is 1. The Morgan fingerprint density at radius 2 is 1.88 bits per heavy atom. The lowest BCUT2D eigenvalue weighted by molar-refractivity contribution is -0.107. The summed E-state index contributed by atoms with van der Waals surface area (Å²) in [6.07, 6.45) is 7.68. The maximum atomic E-state index is 9.33. The van der Waals surface area contributed by atoms with Crippen molar-refractivity contribution in [2.24, 2.45) is 0 Å². The number of imidazole rings is 1. The largest absolute Gasteiger partial charge is 0.337 e. The maximum Gasteiger partial charge on any atom is 0.139 e. The van der Waals surface area contributed by atoms with Gasteiger partial charge in [0.05, 0.1) is 17.2 Å². The third-order valence-electron chi connectivity index (χ3n) is 4.86. The summed E-state index contributed by atoms with van der Waals surface area (Å²) in [5.41, 5.74) is 6.62. The van der Waals surface area contributed by atoms with Crippen LogP contribution in [-0.4, -0.2) is 34.5 Å². The van der Waals surface area contributed by atoms with Crippen LogP contribution in [0.25, 0.3) is 33.5 Å². The summed E-state index contributed by atoms with van der Waals surface area (Å²) in [5, 5.41) is 9.44. The topological polar surface area (TPSA) is 94.5 Å². The number of carbonyl (C=O) groups is 1. The molecular weight excluding hydrogens is 410 g/mol. The normalized spacial score (nSPS) is 10.8. The van der Waals surface area contributed by atoms with Gasteiger partial charge in [0.1, 0.15) is 12.1 Å². The average molecular weight is 442 g/mol. The molecule has 4 rings (SSSR count). The summed E-state index contributed by atoms with van der Waals surface area (Å²) < 4.78 is 0. The molecule has 0 saturated heterocycles. The highest BCUT2D eigenvalue weighted by molar-refractivity contribution is 5.87. The van der Waals surface area contributed by atoms with Crippen molar-refractivity contribution in [1.82, 2.24) is 20.3 Å². The van der Waals surface area contributed by atoms with Gasteiger partial charge >= 0.3 is 0 Å². The lowest BCUT2D eigenvalue weighted by Gasteiger charge is -2.19. The summed E-state index contributed by atoms with van der Waals surface area (Å²) in [5.74, 6) is 0.868. The quantitative estimate of drug-likeness (QED) is 0.195. The molecule has 4 aromatic rings. The highest BCUT2D eigenvalue weighted by Crippen LogP contribution is 2.36. The lowest BCUT2D eigenvalue weighted by atomic mass is 9.91. The van der Waals surface area contributed by atoms with Gasteiger partial charge in [-0.2, -0.15) is 0 Å². The van der Waals surface area contributed by atoms with Crippen LogP contribution in [-0.2, 0) is 4.79 Å². The molecule has 6 nitrogen and oxygen atoms in total. The number of nitrogens with zero attached hydrogens (tertiary/aromatic N) is 2. The summed E-state index contributed by atoms with van der Waals surface area (Å²) in [6.45, 7) is 7.16. The van der Waals surface area contributed by atoms with Gasteiger partial charge in [0, 0.05) is 24.2 Å². The molecule has 0 spiro atoms. The van der Waals surface area contributed by atoms with Crippen LogP contribution in [0.5, 0.6) is 0 Å². The van der Waals surface area contributed by atoms with Gasteiger partial charge in [-0.15, -0.1) is 6.58 Å². The van der Waals surface area contributed by atoms with E-state index in [2.05, 4.69) is 71.3 Å². The van der Waals surface area contributed by atoms with Crippen molar-refractivity contribution in [3.8, 4) is 22.5 Å². The minimum Gasteiger partial charge on any atom is -0.337 e. The fourth-order valence-corrected chi connectivity index (χ4v) is 3.26. The maximum absolute atomic E-state index is 9.33. The highest BCUT2D eigenvalue weighted by Gasteiger charge is 2.17. The first-order valence-corrected chi connectivity index (χ1v) is 10.8. The Labute approximate surface area is 195 Å². The average Bonchev–Trinajstić information content (AvgIpc) is 3.29. The molecule has 2 aromatic carbocycles. The summed E-state index contributed by atoms with van der Waals surface area (Å²) in [7, 11) is 1.99. The van der Waals surface area contributed by atoms with Crippen LogP contribution in [0.1, 0.15) is 31.9 Å². The highest BCUT2D eigenvalue weighted by atomic mass is 16.1. The van der Waals surface area contributed by atoms with Crippen molar-refractivity contribution in [3.63, 3.8) is 0 Å². The molecule has 0 fully saturated rings. The zero-order valence-corrected chi connectivity index (χ0v) is 19.4. The Kier molecular flexibility index (Phi) is 10.4. The number of allylic oxidation sites excluding steroid dienone is 1. The van der Waals surface area contributed by atoms with Crippen molar-refractivity contribution in [2.45, 2.75) is 26.3 Å². The van der Waals surface area contributed by atoms with E-state index in [1.807, 2.05) is 25.4 Å². The monoisotopic (exact) mass is 441 g/mol. The van der Waals surface area contributed by atoms with Gasteiger partial charge < -0.3 is 20.5 Å². The number of rotatable bonds is 6. The minimum absolute atomic E-state index is 0.237. The second-order valence-corrected chi connectivity index (χ2v) is 7.10. The Morgan fingerprint density at radius 1 is 1.15 bits per heavy atom. The number of H-pyrrole nitrogens is 1. The van der Waals surface area contributed by atoms with Crippen LogP contribution in [0.3, 0.4) is 0 Å². The molecule has 0 saturated carbocycles. The van der Waals surface area contributed by atoms with E-state index in [9.17, 15) is 4.79 Å². The molecule has 2 aromatic heterocycles. The summed E-state index contributed by atoms with van der Waals surface area (Å²) in [6, 6.07) is 19.0.